The van der Waals surface area contributed by atoms with Crippen molar-refractivity contribution in [3.8, 4) is 0 Å². The minimum absolute atomic E-state index is 0.0249. The summed E-state index contributed by atoms with van der Waals surface area (Å²) in [4.78, 5) is 22.2. The van der Waals surface area contributed by atoms with E-state index in [4.69, 9.17) is 11.6 Å². The molecule has 0 fully saturated rings. The standard InChI is InChI=1S/C12H15ClN2O3/c1-7(2)8(3)14-12(16)10-5-4-9(13)6-11(10)15(17)18/h4-8H,1-3H3,(H,14,16). The van der Waals surface area contributed by atoms with Crippen LogP contribution in [0.2, 0.25) is 5.02 Å². The van der Waals surface area contributed by atoms with Gasteiger partial charge in [-0.25, -0.2) is 0 Å². The second-order valence-corrected chi connectivity index (χ2v) is 4.86. The lowest BCUT2D eigenvalue weighted by atomic mass is 10.1. The van der Waals surface area contributed by atoms with Gasteiger partial charge >= 0.3 is 0 Å². The Kier molecular flexibility index (Phi) is 4.67. The molecular formula is C12H15ClN2O3. The van der Waals surface area contributed by atoms with Crippen molar-refractivity contribution in [3.05, 3.63) is 38.9 Å². The van der Waals surface area contributed by atoms with E-state index in [-0.39, 0.29) is 28.2 Å². The molecule has 98 valence electrons. The maximum atomic E-state index is 11.9. The highest BCUT2D eigenvalue weighted by atomic mass is 35.5. The lowest BCUT2D eigenvalue weighted by Crippen LogP contribution is -2.36. The normalized spacial score (nSPS) is 12.3. The molecule has 5 nitrogen and oxygen atoms in total. The molecule has 1 aromatic rings. The Balaban J connectivity index is 3.02. The summed E-state index contributed by atoms with van der Waals surface area (Å²) in [6.45, 7) is 5.77. The summed E-state index contributed by atoms with van der Waals surface area (Å²) in [5.41, 5.74) is -0.257. The zero-order chi connectivity index (χ0) is 13.9. The minimum atomic E-state index is -0.610. The molecule has 1 unspecified atom stereocenters. The number of carbonyl (C=O) groups excluding carboxylic acids is 1. The third kappa shape index (κ3) is 3.43. The molecular weight excluding hydrogens is 256 g/mol. The molecule has 1 aromatic carbocycles. The topological polar surface area (TPSA) is 72.2 Å². The van der Waals surface area contributed by atoms with Crippen molar-refractivity contribution >= 4 is 23.2 Å². The molecule has 0 aliphatic rings. The predicted octanol–water partition coefficient (Wildman–Crippen LogP) is 3.02. The van der Waals surface area contributed by atoms with E-state index in [1.165, 1.54) is 18.2 Å². The minimum Gasteiger partial charge on any atom is -0.349 e. The first-order valence-corrected chi connectivity index (χ1v) is 5.95. The first kappa shape index (κ1) is 14.4. The summed E-state index contributed by atoms with van der Waals surface area (Å²) in [6.07, 6.45) is 0. The highest BCUT2D eigenvalue weighted by Gasteiger charge is 2.22. The van der Waals surface area contributed by atoms with Crippen molar-refractivity contribution in [1.82, 2.24) is 5.32 Å². The smallest absolute Gasteiger partial charge is 0.283 e. The number of rotatable bonds is 4. The van der Waals surface area contributed by atoms with Crippen LogP contribution in [0.3, 0.4) is 0 Å². The predicted molar refractivity (Wildman–Crippen MR) is 69.9 cm³/mol. The van der Waals surface area contributed by atoms with E-state index in [9.17, 15) is 14.9 Å². The van der Waals surface area contributed by atoms with Gasteiger partial charge in [-0.1, -0.05) is 25.4 Å². The van der Waals surface area contributed by atoms with E-state index >= 15 is 0 Å². The summed E-state index contributed by atoms with van der Waals surface area (Å²) in [5.74, 6) is -0.208. The Morgan fingerprint density at radius 3 is 2.50 bits per heavy atom. The summed E-state index contributed by atoms with van der Waals surface area (Å²) in [5, 5.41) is 13.8. The van der Waals surface area contributed by atoms with Gasteiger partial charge in [-0.05, 0) is 25.0 Å². The second kappa shape index (κ2) is 5.82. The van der Waals surface area contributed by atoms with E-state index in [0.29, 0.717) is 0 Å². The maximum Gasteiger partial charge on any atom is 0.283 e. The fourth-order valence-electron chi connectivity index (χ4n) is 1.30. The molecule has 0 saturated carbocycles. The van der Waals surface area contributed by atoms with Gasteiger partial charge in [0.05, 0.1) is 4.92 Å². The monoisotopic (exact) mass is 270 g/mol. The summed E-state index contributed by atoms with van der Waals surface area (Å²) in [7, 11) is 0. The Morgan fingerprint density at radius 1 is 1.39 bits per heavy atom. The molecule has 1 rings (SSSR count). The fourth-order valence-corrected chi connectivity index (χ4v) is 1.47. The number of hydrogen-bond acceptors (Lipinski definition) is 3. The Morgan fingerprint density at radius 2 is 2.00 bits per heavy atom. The van der Waals surface area contributed by atoms with Crippen molar-refractivity contribution in [2.24, 2.45) is 5.92 Å². The molecule has 1 amide bonds. The van der Waals surface area contributed by atoms with Crippen LogP contribution < -0.4 is 5.32 Å². The second-order valence-electron chi connectivity index (χ2n) is 4.42. The van der Waals surface area contributed by atoms with Gasteiger partial charge in [0.25, 0.3) is 11.6 Å². The molecule has 1 atom stereocenters. The van der Waals surface area contributed by atoms with E-state index in [2.05, 4.69) is 5.32 Å². The molecule has 18 heavy (non-hydrogen) atoms. The molecule has 0 spiro atoms. The van der Waals surface area contributed by atoms with Crippen LogP contribution in [0.4, 0.5) is 5.69 Å². The Hall–Kier alpha value is -1.62. The molecule has 0 aliphatic heterocycles. The SMILES string of the molecule is CC(C)C(C)NC(=O)c1ccc(Cl)cc1[N+](=O)[O-]. The number of benzene rings is 1. The maximum absolute atomic E-state index is 11.9. The third-order valence-electron chi connectivity index (χ3n) is 2.76. The molecule has 0 radical (unpaired) electrons. The van der Waals surface area contributed by atoms with Gasteiger partial charge in [-0.2, -0.15) is 0 Å². The van der Waals surface area contributed by atoms with Crippen LogP contribution in [-0.2, 0) is 0 Å². The number of nitro groups is 1. The van der Waals surface area contributed by atoms with Gasteiger partial charge in [-0.3, -0.25) is 14.9 Å². The summed E-state index contributed by atoms with van der Waals surface area (Å²) < 4.78 is 0. The summed E-state index contributed by atoms with van der Waals surface area (Å²) >= 11 is 5.69. The average Bonchev–Trinajstić information content (AvgIpc) is 2.28. The largest absolute Gasteiger partial charge is 0.349 e. The van der Waals surface area contributed by atoms with Crippen LogP contribution in [0.25, 0.3) is 0 Å². The first-order chi connectivity index (χ1) is 8.32. The third-order valence-corrected chi connectivity index (χ3v) is 2.99. The number of nitro benzene ring substituents is 1. The van der Waals surface area contributed by atoms with Gasteiger partial charge in [0.15, 0.2) is 0 Å². The number of carbonyl (C=O) groups is 1. The Labute approximate surface area is 110 Å². The van der Waals surface area contributed by atoms with E-state index in [1.54, 1.807) is 0 Å². The van der Waals surface area contributed by atoms with Crippen molar-refractivity contribution in [3.63, 3.8) is 0 Å². The average molecular weight is 271 g/mol. The molecule has 0 bridgehead atoms. The highest BCUT2D eigenvalue weighted by molar-refractivity contribution is 6.31. The Bertz CT molecular complexity index is 474. The molecule has 0 heterocycles. The number of amides is 1. The number of nitrogens with one attached hydrogen (secondary N) is 1. The molecule has 6 heteroatoms. The van der Waals surface area contributed by atoms with Gasteiger partial charge in [-0.15, -0.1) is 0 Å². The molecule has 0 saturated heterocycles. The van der Waals surface area contributed by atoms with Crippen molar-refractivity contribution < 1.29 is 9.72 Å². The van der Waals surface area contributed by atoms with Crippen LogP contribution in [0.1, 0.15) is 31.1 Å². The van der Waals surface area contributed by atoms with Gasteiger partial charge < -0.3 is 5.32 Å². The molecule has 0 aliphatic carbocycles. The molecule has 0 aromatic heterocycles. The van der Waals surface area contributed by atoms with Crippen molar-refractivity contribution in [2.45, 2.75) is 26.8 Å². The number of halogens is 1. The van der Waals surface area contributed by atoms with Gasteiger partial charge in [0.1, 0.15) is 5.56 Å². The first-order valence-electron chi connectivity index (χ1n) is 5.57. The molecule has 1 N–H and O–H groups in total. The van der Waals surface area contributed by atoms with Gasteiger partial charge in [0.2, 0.25) is 0 Å². The van der Waals surface area contributed by atoms with E-state index in [0.717, 1.165) is 0 Å². The lowest BCUT2D eigenvalue weighted by Gasteiger charge is -2.17. The van der Waals surface area contributed by atoms with Crippen LogP contribution in [0, 0.1) is 16.0 Å². The highest BCUT2D eigenvalue weighted by Crippen LogP contribution is 2.23. The van der Waals surface area contributed by atoms with E-state index in [1.807, 2.05) is 20.8 Å². The number of hydrogen-bond donors (Lipinski definition) is 1. The zero-order valence-electron chi connectivity index (χ0n) is 10.4. The zero-order valence-corrected chi connectivity index (χ0v) is 11.2. The number of nitrogens with zero attached hydrogens (tertiary/aromatic N) is 1. The van der Waals surface area contributed by atoms with Crippen molar-refractivity contribution in [1.29, 1.82) is 0 Å². The summed E-state index contributed by atoms with van der Waals surface area (Å²) in [6, 6.07) is 3.94. The van der Waals surface area contributed by atoms with Crippen LogP contribution in [0.15, 0.2) is 18.2 Å². The van der Waals surface area contributed by atoms with Crippen LogP contribution >= 0.6 is 11.6 Å². The van der Waals surface area contributed by atoms with Crippen LogP contribution in [-0.4, -0.2) is 16.9 Å². The van der Waals surface area contributed by atoms with Crippen molar-refractivity contribution in [2.75, 3.05) is 0 Å². The quantitative estimate of drug-likeness (QED) is 0.675. The fraction of sp³-hybridized carbons (Fsp3) is 0.417. The van der Waals surface area contributed by atoms with Gasteiger partial charge in [0, 0.05) is 17.1 Å². The lowest BCUT2D eigenvalue weighted by molar-refractivity contribution is -0.385. The van der Waals surface area contributed by atoms with E-state index < -0.39 is 10.8 Å². The van der Waals surface area contributed by atoms with Crippen LogP contribution in [0.5, 0.6) is 0 Å².